The third kappa shape index (κ3) is 5.58. The Labute approximate surface area is 160 Å². The number of ether oxygens (including phenoxy) is 1. The Morgan fingerprint density at radius 1 is 0.889 bits per heavy atom. The van der Waals surface area contributed by atoms with Crippen LogP contribution >= 0.6 is 0 Å². The molecule has 0 saturated carbocycles. The highest BCUT2D eigenvalue weighted by Gasteiger charge is 2.11. The quantitative estimate of drug-likeness (QED) is 0.471. The summed E-state index contributed by atoms with van der Waals surface area (Å²) in [5.74, 6) is -0.370. The lowest BCUT2D eigenvalue weighted by Crippen LogP contribution is -2.18. The molecule has 136 valence electrons. The summed E-state index contributed by atoms with van der Waals surface area (Å²) in [6.07, 6.45) is 1.53. The summed E-state index contributed by atoms with van der Waals surface area (Å²) in [4.78, 5) is 12.4. The van der Waals surface area contributed by atoms with Gasteiger partial charge in [0, 0.05) is 17.8 Å². The lowest BCUT2D eigenvalue weighted by atomic mass is 10.1. The van der Waals surface area contributed by atoms with E-state index in [2.05, 4.69) is 24.4 Å². The molecule has 0 amide bonds. The van der Waals surface area contributed by atoms with E-state index in [1.807, 2.05) is 78.9 Å². The van der Waals surface area contributed by atoms with Crippen molar-refractivity contribution < 1.29 is 9.53 Å². The molecule has 0 saturated heterocycles. The second kappa shape index (κ2) is 9.39. The van der Waals surface area contributed by atoms with E-state index in [-0.39, 0.29) is 18.6 Å². The summed E-state index contributed by atoms with van der Waals surface area (Å²) in [5.41, 5.74) is 3.80. The largest absolute Gasteiger partial charge is 0.458 e. The average molecular weight is 357 g/mol. The van der Waals surface area contributed by atoms with Crippen molar-refractivity contribution in [2.45, 2.75) is 19.6 Å². The van der Waals surface area contributed by atoms with Crippen LogP contribution in [-0.2, 0) is 16.1 Å². The predicted molar refractivity (Wildman–Crippen MR) is 109 cm³/mol. The van der Waals surface area contributed by atoms with Gasteiger partial charge in [-0.25, -0.2) is 4.79 Å². The molecule has 0 aliphatic heterocycles. The molecular formula is C24H23NO2. The fourth-order valence-corrected chi connectivity index (χ4v) is 2.77. The van der Waals surface area contributed by atoms with Crippen LogP contribution in [0.1, 0.15) is 29.7 Å². The minimum Gasteiger partial charge on any atom is -0.458 e. The normalized spacial score (nSPS) is 12.3. The minimum atomic E-state index is -0.370. The molecule has 0 aliphatic rings. The molecule has 3 rings (SSSR count). The Hall–Kier alpha value is -3.33. The second-order valence-corrected chi connectivity index (χ2v) is 6.29. The van der Waals surface area contributed by atoms with Gasteiger partial charge >= 0.3 is 5.97 Å². The predicted octanol–water partition coefficient (Wildman–Crippen LogP) is 5.12. The van der Waals surface area contributed by atoms with Gasteiger partial charge in [0.2, 0.25) is 0 Å². The highest BCUT2D eigenvalue weighted by Crippen LogP contribution is 2.19. The summed E-state index contributed by atoms with van der Waals surface area (Å²) in [7, 11) is 0. The average Bonchev–Trinajstić information content (AvgIpc) is 2.74. The number of nitrogens with one attached hydrogen (secondary N) is 1. The number of hydrogen-bond acceptors (Lipinski definition) is 3. The number of esters is 1. The van der Waals surface area contributed by atoms with Gasteiger partial charge in [0.25, 0.3) is 0 Å². The molecule has 0 fully saturated rings. The van der Waals surface area contributed by atoms with Crippen LogP contribution in [0, 0.1) is 0 Å². The van der Waals surface area contributed by atoms with Crippen LogP contribution in [0.4, 0.5) is 0 Å². The molecule has 3 nitrogen and oxygen atoms in total. The first kappa shape index (κ1) is 18.5. The number of carbonyl (C=O) groups is 1. The van der Waals surface area contributed by atoms with Crippen LogP contribution < -0.4 is 5.32 Å². The zero-order chi connectivity index (χ0) is 18.9. The van der Waals surface area contributed by atoms with Gasteiger partial charge in [0.1, 0.15) is 6.61 Å². The van der Waals surface area contributed by atoms with Crippen molar-refractivity contribution in [3.05, 3.63) is 114 Å². The fraction of sp³-hybridized carbons (Fsp3) is 0.125. The van der Waals surface area contributed by atoms with Crippen molar-refractivity contribution in [1.82, 2.24) is 5.32 Å². The van der Waals surface area contributed by atoms with E-state index in [1.165, 1.54) is 6.08 Å². The topological polar surface area (TPSA) is 38.3 Å². The highest BCUT2D eigenvalue weighted by molar-refractivity contribution is 5.91. The van der Waals surface area contributed by atoms with E-state index in [0.717, 1.165) is 22.4 Å². The zero-order valence-corrected chi connectivity index (χ0v) is 15.3. The summed E-state index contributed by atoms with van der Waals surface area (Å²) in [6.45, 7) is 2.33. The van der Waals surface area contributed by atoms with Gasteiger partial charge in [-0.2, -0.15) is 0 Å². The Kier molecular flexibility index (Phi) is 6.42. The number of rotatable bonds is 7. The van der Waals surface area contributed by atoms with Crippen molar-refractivity contribution in [3.8, 4) is 0 Å². The van der Waals surface area contributed by atoms with Crippen molar-refractivity contribution in [3.63, 3.8) is 0 Å². The van der Waals surface area contributed by atoms with Gasteiger partial charge in [0.15, 0.2) is 0 Å². The summed E-state index contributed by atoms with van der Waals surface area (Å²) >= 11 is 0. The molecule has 0 heterocycles. The van der Waals surface area contributed by atoms with Gasteiger partial charge < -0.3 is 10.1 Å². The maximum absolute atomic E-state index is 12.4. The Morgan fingerprint density at radius 2 is 1.44 bits per heavy atom. The Bertz CT molecular complexity index is 874. The lowest BCUT2D eigenvalue weighted by molar-refractivity contribution is -0.138. The van der Waals surface area contributed by atoms with Gasteiger partial charge in [-0.1, -0.05) is 91.0 Å². The monoisotopic (exact) mass is 357 g/mol. The van der Waals surface area contributed by atoms with E-state index < -0.39 is 0 Å². The molecule has 0 bridgehead atoms. The lowest BCUT2D eigenvalue weighted by Gasteiger charge is -2.19. The first-order valence-electron chi connectivity index (χ1n) is 9.01. The van der Waals surface area contributed by atoms with Crippen molar-refractivity contribution >= 4 is 11.7 Å². The molecule has 0 unspecified atom stereocenters. The third-order valence-corrected chi connectivity index (χ3v) is 4.24. The molecule has 3 heteroatoms. The minimum absolute atomic E-state index is 0.0552. The highest BCUT2D eigenvalue weighted by atomic mass is 16.5. The standard InChI is InChI=1S/C24H23NO2/c1-19(21-13-7-3-8-14-21)25-23(22-15-9-4-10-16-22)17-24(26)27-18-20-11-5-2-6-12-20/h2-17,19,25H,18H2,1H3/b23-17+/t19-/m1/s1. The van der Waals surface area contributed by atoms with Gasteiger partial charge in [-0.3, -0.25) is 0 Å². The maximum Gasteiger partial charge on any atom is 0.333 e. The first-order valence-corrected chi connectivity index (χ1v) is 9.01. The van der Waals surface area contributed by atoms with Gasteiger partial charge in [0.05, 0.1) is 0 Å². The van der Waals surface area contributed by atoms with Gasteiger partial charge in [-0.05, 0) is 23.6 Å². The third-order valence-electron chi connectivity index (χ3n) is 4.24. The molecule has 0 spiro atoms. The summed E-state index contributed by atoms with van der Waals surface area (Å²) in [6, 6.07) is 29.7. The molecule has 1 N–H and O–H groups in total. The van der Waals surface area contributed by atoms with E-state index in [9.17, 15) is 4.79 Å². The van der Waals surface area contributed by atoms with E-state index in [1.54, 1.807) is 0 Å². The van der Waals surface area contributed by atoms with Crippen LogP contribution in [0.5, 0.6) is 0 Å². The first-order chi connectivity index (χ1) is 13.2. The summed E-state index contributed by atoms with van der Waals surface area (Å²) in [5, 5.41) is 3.44. The van der Waals surface area contributed by atoms with Crippen molar-refractivity contribution in [2.24, 2.45) is 0 Å². The summed E-state index contributed by atoms with van der Waals surface area (Å²) < 4.78 is 5.41. The van der Waals surface area contributed by atoms with Crippen LogP contribution in [0.2, 0.25) is 0 Å². The molecule has 0 radical (unpaired) electrons. The van der Waals surface area contributed by atoms with E-state index >= 15 is 0 Å². The van der Waals surface area contributed by atoms with Crippen LogP contribution in [0.25, 0.3) is 5.70 Å². The van der Waals surface area contributed by atoms with E-state index in [0.29, 0.717) is 0 Å². The van der Waals surface area contributed by atoms with Crippen molar-refractivity contribution in [1.29, 1.82) is 0 Å². The number of benzene rings is 3. The Balaban J connectivity index is 1.75. The SMILES string of the molecule is C[C@@H](N/C(=C/C(=O)OCc1ccccc1)c1ccccc1)c1ccccc1. The van der Waals surface area contributed by atoms with Crippen molar-refractivity contribution in [2.75, 3.05) is 0 Å². The van der Waals surface area contributed by atoms with Gasteiger partial charge in [-0.15, -0.1) is 0 Å². The van der Waals surface area contributed by atoms with E-state index in [4.69, 9.17) is 4.74 Å². The Morgan fingerprint density at radius 3 is 2.07 bits per heavy atom. The second-order valence-electron chi connectivity index (χ2n) is 6.29. The van der Waals surface area contributed by atoms with Crippen LogP contribution in [-0.4, -0.2) is 5.97 Å². The number of carbonyl (C=O) groups excluding carboxylic acids is 1. The molecule has 3 aromatic carbocycles. The molecule has 0 aromatic heterocycles. The molecule has 1 atom stereocenters. The molecule has 3 aromatic rings. The molecular weight excluding hydrogens is 334 g/mol. The number of hydrogen-bond donors (Lipinski definition) is 1. The maximum atomic E-state index is 12.4. The molecule has 27 heavy (non-hydrogen) atoms. The van der Waals surface area contributed by atoms with Crippen LogP contribution in [0.15, 0.2) is 97.1 Å². The fourth-order valence-electron chi connectivity index (χ4n) is 2.77. The smallest absolute Gasteiger partial charge is 0.333 e. The van der Waals surface area contributed by atoms with Crippen LogP contribution in [0.3, 0.4) is 0 Å². The molecule has 0 aliphatic carbocycles. The zero-order valence-electron chi connectivity index (χ0n) is 15.3.